The first kappa shape index (κ1) is 23.0. The number of hydrogen-bond donors (Lipinski definition) is 1. The van der Waals surface area contributed by atoms with Crippen LogP contribution in [0, 0.1) is 6.92 Å². The van der Waals surface area contributed by atoms with Crippen LogP contribution < -0.4 is 14.8 Å². The number of benzene rings is 1. The summed E-state index contributed by atoms with van der Waals surface area (Å²) in [6.45, 7) is 5.73. The zero-order chi connectivity index (χ0) is 24.4. The zero-order valence-corrected chi connectivity index (χ0v) is 20.8. The van der Waals surface area contributed by atoms with Crippen LogP contribution >= 0.6 is 11.3 Å². The van der Waals surface area contributed by atoms with E-state index in [9.17, 15) is 4.79 Å². The van der Waals surface area contributed by atoms with Crippen LogP contribution in [-0.4, -0.2) is 52.6 Å². The standard InChI is InChI=1S/C26H27N5O3S/c1-16-22-24(28-11-9-19-6-4-5-10-27-19)29-15-30-25(22)35-23(16)26(32)31(3)17(2)18-7-8-20-21(14-18)34-13-12-33-20/h4-8,10,14-15,17H,9,11-13H2,1-3H3,(H,28,29,30). The average Bonchev–Trinajstić information content (AvgIpc) is 3.24. The van der Waals surface area contributed by atoms with Gasteiger partial charge in [-0.3, -0.25) is 9.78 Å². The number of carbonyl (C=O) groups excluding carboxylic acids is 1. The van der Waals surface area contributed by atoms with Crippen LogP contribution in [-0.2, 0) is 6.42 Å². The number of hydrogen-bond acceptors (Lipinski definition) is 8. The van der Waals surface area contributed by atoms with Gasteiger partial charge in [0.25, 0.3) is 5.91 Å². The maximum absolute atomic E-state index is 13.6. The van der Waals surface area contributed by atoms with Gasteiger partial charge in [-0.15, -0.1) is 11.3 Å². The fourth-order valence-corrected chi connectivity index (χ4v) is 5.28. The third kappa shape index (κ3) is 4.64. The molecule has 8 nitrogen and oxygen atoms in total. The Balaban J connectivity index is 1.35. The predicted molar refractivity (Wildman–Crippen MR) is 137 cm³/mol. The summed E-state index contributed by atoms with van der Waals surface area (Å²) in [5.74, 6) is 2.15. The summed E-state index contributed by atoms with van der Waals surface area (Å²) < 4.78 is 11.3. The second-order valence-electron chi connectivity index (χ2n) is 8.45. The smallest absolute Gasteiger partial charge is 0.264 e. The van der Waals surface area contributed by atoms with Gasteiger partial charge in [-0.1, -0.05) is 12.1 Å². The molecule has 0 radical (unpaired) electrons. The molecule has 0 fully saturated rings. The molecule has 4 heterocycles. The first-order valence-electron chi connectivity index (χ1n) is 11.6. The van der Waals surface area contributed by atoms with E-state index in [1.54, 1.807) is 11.1 Å². The van der Waals surface area contributed by atoms with Crippen molar-refractivity contribution < 1.29 is 14.3 Å². The molecule has 1 amide bonds. The van der Waals surface area contributed by atoms with E-state index in [4.69, 9.17) is 9.47 Å². The van der Waals surface area contributed by atoms with Crippen LogP contribution in [0.2, 0.25) is 0 Å². The lowest BCUT2D eigenvalue weighted by atomic mass is 10.1. The van der Waals surface area contributed by atoms with Gasteiger partial charge < -0.3 is 19.7 Å². The van der Waals surface area contributed by atoms with E-state index in [1.165, 1.54) is 17.7 Å². The number of thiophene rings is 1. The van der Waals surface area contributed by atoms with Crippen molar-refractivity contribution in [1.29, 1.82) is 0 Å². The highest BCUT2D eigenvalue weighted by Crippen LogP contribution is 2.37. The number of aryl methyl sites for hydroxylation is 1. The molecule has 4 aromatic rings. The molecule has 1 aliphatic rings. The van der Waals surface area contributed by atoms with Gasteiger partial charge in [0, 0.05) is 31.9 Å². The lowest BCUT2D eigenvalue weighted by Gasteiger charge is -2.27. The molecule has 1 aromatic carbocycles. The summed E-state index contributed by atoms with van der Waals surface area (Å²) in [4.78, 5) is 30.0. The van der Waals surface area contributed by atoms with Gasteiger partial charge in [-0.25, -0.2) is 9.97 Å². The highest BCUT2D eigenvalue weighted by molar-refractivity contribution is 7.20. The minimum atomic E-state index is -0.148. The summed E-state index contributed by atoms with van der Waals surface area (Å²) in [5.41, 5.74) is 2.88. The van der Waals surface area contributed by atoms with E-state index in [1.807, 2.05) is 57.3 Å². The van der Waals surface area contributed by atoms with Crippen LogP contribution in [0.5, 0.6) is 11.5 Å². The Hall–Kier alpha value is -3.72. The molecular formula is C26H27N5O3S. The Morgan fingerprint density at radius 3 is 2.77 bits per heavy atom. The average molecular weight is 490 g/mol. The molecule has 0 saturated carbocycles. The van der Waals surface area contributed by atoms with Crippen LogP contribution in [0.1, 0.15) is 39.5 Å². The van der Waals surface area contributed by atoms with Gasteiger partial charge in [-0.05, 0) is 49.2 Å². The van der Waals surface area contributed by atoms with Crippen LogP contribution in [0.3, 0.4) is 0 Å². The van der Waals surface area contributed by atoms with E-state index in [0.717, 1.165) is 50.8 Å². The maximum Gasteiger partial charge on any atom is 0.264 e. The largest absolute Gasteiger partial charge is 0.486 e. The van der Waals surface area contributed by atoms with Gasteiger partial charge in [0.2, 0.25) is 0 Å². The van der Waals surface area contributed by atoms with Gasteiger partial charge in [0.1, 0.15) is 30.2 Å². The molecule has 0 aliphatic carbocycles. The highest BCUT2D eigenvalue weighted by Gasteiger charge is 2.26. The Labute approximate surface area is 208 Å². The number of nitrogens with one attached hydrogen (secondary N) is 1. The molecule has 9 heteroatoms. The molecule has 180 valence electrons. The second kappa shape index (κ2) is 9.87. The fourth-order valence-electron chi connectivity index (χ4n) is 4.14. The lowest BCUT2D eigenvalue weighted by Crippen LogP contribution is -2.29. The molecule has 1 atom stereocenters. The van der Waals surface area contributed by atoms with Crippen molar-refractivity contribution in [3.63, 3.8) is 0 Å². The molecule has 1 N–H and O–H groups in total. The van der Waals surface area contributed by atoms with E-state index in [2.05, 4.69) is 20.3 Å². The van der Waals surface area contributed by atoms with E-state index in [-0.39, 0.29) is 11.9 Å². The predicted octanol–water partition coefficient (Wildman–Crippen LogP) is 4.65. The van der Waals surface area contributed by atoms with Gasteiger partial charge in [0.15, 0.2) is 11.5 Å². The number of ether oxygens (including phenoxy) is 2. The summed E-state index contributed by atoms with van der Waals surface area (Å²) in [6.07, 6.45) is 4.11. The quantitative estimate of drug-likeness (QED) is 0.404. The first-order chi connectivity index (χ1) is 17.0. The Bertz CT molecular complexity index is 1360. The Morgan fingerprint density at radius 2 is 1.97 bits per heavy atom. The number of pyridine rings is 1. The first-order valence-corrected chi connectivity index (χ1v) is 12.4. The van der Waals surface area contributed by atoms with E-state index >= 15 is 0 Å². The number of nitrogens with zero attached hydrogens (tertiary/aromatic N) is 4. The Morgan fingerprint density at radius 1 is 1.14 bits per heavy atom. The number of rotatable bonds is 7. The fraction of sp³-hybridized carbons (Fsp3) is 0.308. The van der Waals surface area contributed by atoms with Crippen LogP contribution in [0.25, 0.3) is 10.2 Å². The molecule has 3 aromatic heterocycles. The number of carbonyl (C=O) groups is 1. The number of aromatic nitrogens is 3. The molecular weight excluding hydrogens is 462 g/mol. The van der Waals surface area contributed by atoms with Gasteiger partial charge in [-0.2, -0.15) is 0 Å². The van der Waals surface area contributed by atoms with Crippen LogP contribution in [0.4, 0.5) is 5.82 Å². The number of amides is 1. The summed E-state index contributed by atoms with van der Waals surface area (Å²) in [6, 6.07) is 11.6. The summed E-state index contributed by atoms with van der Waals surface area (Å²) in [5, 5.41) is 4.29. The van der Waals surface area contributed by atoms with Gasteiger partial charge in [0.05, 0.1) is 16.3 Å². The van der Waals surface area contributed by atoms with Crippen LogP contribution in [0.15, 0.2) is 48.9 Å². The third-order valence-electron chi connectivity index (χ3n) is 6.27. The van der Waals surface area contributed by atoms with Crippen molar-refractivity contribution in [1.82, 2.24) is 19.9 Å². The number of fused-ring (bicyclic) bond motifs is 2. The minimum Gasteiger partial charge on any atom is -0.486 e. The summed E-state index contributed by atoms with van der Waals surface area (Å²) in [7, 11) is 1.82. The molecule has 5 rings (SSSR count). The van der Waals surface area contributed by atoms with Crippen molar-refractivity contribution in [2.75, 3.05) is 32.1 Å². The van der Waals surface area contributed by atoms with Gasteiger partial charge >= 0.3 is 0 Å². The molecule has 1 unspecified atom stereocenters. The monoisotopic (exact) mass is 489 g/mol. The minimum absolute atomic E-state index is 0.0488. The molecule has 0 bridgehead atoms. The van der Waals surface area contributed by atoms with Crippen molar-refractivity contribution in [3.8, 4) is 11.5 Å². The molecule has 0 spiro atoms. The molecule has 35 heavy (non-hydrogen) atoms. The number of anilines is 1. The van der Waals surface area contributed by atoms with E-state index < -0.39 is 0 Å². The second-order valence-corrected chi connectivity index (χ2v) is 9.45. The third-order valence-corrected chi connectivity index (χ3v) is 7.46. The zero-order valence-electron chi connectivity index (χ0n) is 19.9. The molecule has 1 aliphatic heterocycles. The summed E-state index contributed by atoms with van der Waals surface area (Å²) >= 11 is 1.40. The SMILES string of the molecule is Cc1c(C(=O)N(C)C(C)c2ccc3c(c2)OCCO3)sc2ncnc(NCCc3ccccn3)c12. The highest BCUT2D eigenvalue weighted by atomic mass is 32.1. The van der Waals surface area contributed by atoms with Crippen molar-refractivity contribution in [3.05, 3.63) is 70.6 Å². The lowest BCUT2D eigenvalue weighted by molar-refractivity contribution is 0.0746. The normalized spacial score (nSPS) is 13.5. The Kier molecular flexibility index (Phi) is 6.50. The topological polar surface area (TPSA) is 89.5 Å². The van der Waals surface area contributed by atoms with E-state index in [0.29, 0.717) is 24.6 Å². The maximum atomic E-state index is 13.6. The van der Waals surface area contributed by atoms with Crippen molar-refractivity contribution in [2.45, 2.75) is 26.3 Å². The molecule has 0 saturated heterocycles. The van der Waals surface area contributed by atoms with Crippen molar-refractivity contribution >= 4 is 33.3 Å². The van der Waals surface area contributed by atoms with Crippen molar-refractivity contribution in [2.24, 2.45) is 0 Å².